The van der Waals surface area contributed by atoms with Crippen molar-refractivity contribution in [3.8, 4) is 5.75 Å². The first-order chi connectivity index (χ1) is 15.0. The van der Waals surface area contributed by atoms with E-state index in [1.807, 2.05) is 42.7 Å². The second-order valence-electron chi connectivity index (χ2n) is 6.56. The molecule has 0 spiro atoms. The summed E-state index contributed by atoms with van der Waals surface area (Å²) in [5, 5.41) is 15.2. The fourth-order valence-corrected chi connectivity index (χ4v) is 4.24. The molecule has 3 rings (SSSR count). The van der Waals surface area contributed by atoms with E-state index in [1.54, 1.807) is 13.3 Å². The lowest BCUT2D eigenvalue weighted by atomic mass is 10.1. The van der Waals surface area contributed by atoms with E-state index < -0.39 is 0 Å². The van der Waals surface area contributed by atoms with Crippen LogP contribution in [0, 0.1) is 6.92 Å². The van der Waals surface area contributed by atoms with Crippen molar-refractivity contribution in [1.29, 1.82) is 0 Å². The topological polar surface area (TPSA) is 111 Å². The average molecular weight is 461 g/mol. The molecular weight excluding hydrogens is 436 g/mol. The quantitative estimate of drug-likeness (QED) is 0.448. The normalized spacial score (nSPS) is 10.7. The predicted molar refractivity (Wildman–Crippen MR) is 120 cm³/mol. The van der Waals surface area contributed by atoms with Crippen LogP contribution < -0.4 is 15.4 Å². The number of amides is 2. The Labute approximate surface area is 188 Å². The Balaban J connectivity index is 1.50. The Kier molecular flexibility index (Phi) is 8.01. The first-order valence-electron chi connectivity index (χ1n) is 9.65. The van der Waals surface area contributed by atoms with Gasteiger partial charge in [-0.15, -0.1) is 21.5 Å². The number of carbonyl (C=O) groups is 2. The van der Waals surface area contributed by atoms with Gasteiger partial charge in [0.05, 0.1) is 25.8 Å². The molecule has 164 valence electrons. The molecule has 0 fully saturated rings. The molecule has 0 saturated heterocycles. The maximum atomic E-state index is 12.3. The molecule has 2 aromatic heterocycles. The van der Waals surface area contributed by atoms with Crippen LogP contribution in [0.15, 0.2) is 35.6 Å². The minimum Gasteiger partial charge on any atom is -0.497 e. The summed E-state index contributed by atoms with van der Waals surface area (Å²) >= 11 is 2.73. The van der Waals surface area contributed by atoms with Gasteiger partial charge in [0, 0.05) is 17.6 Å². The molecule has 0 saturated carbocycles. The maximum absolute atomic E-state index is 12.3. The largest absolute Gasteiger partial charge is 0.497 e. The summed E-state index contributed by atoms with van der Waals surface area (Å²) < 4.78 is 7.01. The minimum absolute atomic E-state index is 0.108. The van der Waals surface area contributed by atoms with E-state index in [4.69, 9.17) is 4.74 Å². The number of aryl methyl sites for hydroxylation is 1. The molecule has 2 N–H and O–H groups in total. The van der Waals surface area contributed by atoms with Crippen molar-refractivity contribution in [2.45, 2.75) is 38.5 Å². The van der Waals surface area contributed by atoms with Crippen molar-refractivity contribution in [2.75, 3.05) is 18.2 Å². The fourth-order valence-electron chi connectivity index (χ4n) is 2.74. The number of nitrogens with zero attached hydrogens (tertiary/aromatic N) is 4. The van der Waals surface area contributed by atoms with E-state index in [9.17, 15) is 9.59 Å². The third-order valence-electron chi connectivity index (χ3n) is 4.28. The third kappa shape index (κ3) is 6.53. The Morgan fingerprint density at radius 1 is 1.19 bits per heavy atom. The van der Waals surface area contributed by atoms with E-state index in [-0.39, 0.29) is 30.5 Å². The van der Waals surface area contributed by atoms with Crippen LogP contribution in [0.5, 0.6) is 5.75 Å². The number of hydrogen-bond donors (Lipinski definition) is 2. The van der Waals surface area contributed by atoms with Gasteiger partial charge in [-0.2, -0.15) is 0 Å². The molecule has 0 aliphatic heterocycles. The minimum atomic E-state index is -0.153. The lowest BCUT2D eigenvalue weighted by Crippen LogP contribution is -2.26. The molecule has 0 aliphatic rings. The van der Waals surface area contributed by atoms with Crippen LogP contribution in [0.4, 0.5) is 5.13 Å². The van der Waals surface area contributed by atoms with Crippen LogP contribution in [0.2, 0.25) is 0 Å². The summed E-state index contributed by atoms with van der Waals surface area (Å²) in [5.74, 6) is 1.33. The highest BCUT2D eigenvalue weighted by Gasteiger charge is 2.15. The number of thiazole rings is 1. The fraction of sp³-hybridized carbons (Fsp3) is 0.350. The second kappa shape index (κ2) is 10.9. The maximum Gasteiger partial charge on any atom is 0.236 e. The van der Waals surface area contributed by atoms with Gasteiger partial charge in [0.2, 0.25) is 11.8 Å². The molecule has 2 heterocycles. The molecule has 0 unspecified atom stereocenters. The van der Waals surface area contributed by atoms with Gasteiger partial charge in [-0.25, -0.2) is 4.98 Å². The van der Waals surface area contributed by atoms with Gasteiger partial charge in [-0.3, -0.25) is 9.59 Å². The van der Waals surface area contributed by atoms with Crippen LogP contribution in [0.3, 0.4) is 0 Å². The van der Waals surface area contributed by atoms with Crippen molar-refractivity contribution in [2.24, 2.45) is 0 Å². The van der Waals surface area contributed by atoms with Gasteiger partial charge >= 0.3 is 0 Å². The smallest absolute Gasteiger partial charge is 0.236 e. The van der Waals surface area contributed by atoms with Gasteiger partial charge in [0.25, 0.3) is 0 Å². The van der Waals surface area contributed by atoms with Crippen LogP contribution in [0.25, 0.3) is 0 Å². The van der Waals surface area contributed by atoms with Crippen LogP contribution in [0.1, 0.15) is 23.2 Å². The molecule has 31 heavy (non-hydrogen) atoms. The Morgan fingerprint density at radius 2 is 1.97 bits per heavy atom. The Bertz CT molecular complexity index is 1030. The van der Waals surface area contributed by atoms with Crippen molar-refractivity contribution in [1.82, 2.24) is 25.1 Å². The average Bonchev–Trinajstić information content (AvgIpc) is 3.36. The third-order valence-corrected chi connectivity index (χ3v) is 6.07. The van der Waals surface area contributed by atoms with Crippen LogP contribution >= 0.6 is 23.1 Å². The Morgan fingerprint density at radius 3 is 2.61 bits per heavy atom. The molecule has 2 amide bonds. The molecule has 0 aliphatic carbocycles. The van der Waals surface area contributed by atoms with E-state index in [0.29, 0.717) is 22.7 Å². The monoisotopic (exact) mass is 460 g/mol. The summed E-state index contributed by atoms with van der Waals surface area (Å²) in [5.41, 5.74) is 0.896. The number of anilines is 1. The summed E-state index contributed by atoms with van der Waals surface area (Å²) in [7, 11) is 1.60. The van der Waals surface area contributed by atoms with Gasteiger partial charge < -0.3 is 19.9 Å². The molecule has 9 nitrogen and oxygen atoms in total. The second-order valence-corrected chi connectivity index (χ2v) is 8.73. The molecule has 0 atom stereocenters. The van der Waals surface area contributed by atoms with Crippen molar-refractivity contribution < 1.29 is 14.3 Å². The van der Waals surface area contributed by atoms with E-state index in [2.05, 4.69) is 25.8 Å². The lowest BCUT2D eigenvalue weighted by molar-refractivity contribution is -0.120. The number of thioether (sulfide) groups is 1. The van der Waals surface area contributed by atoms with Gasteiger partial charge in [0.15, 0.2) is 16.1 Å². The summed E-state index contributed by atoms with van der Waals surface area (Å²) in [6.07, 6.45) is 1.98. The number of aromatic nitrogens is 4. The number of benzene rings is 1. The van der Waals surface area contributed by atoms with E-state index in [0.717, 1.165) is 16.2 Å². The predicted octanol–water partition coefficient (Wildman–Crippen LogP) is 2.66. The number of ether oxygens (including phenoxy) is 1. The highest BCUT2D eigenvalue weighted by molar-refractivity contribution is 7.99. The van der Waals surface area contributed by atoms with E-state index in [1.165, 1.54) is 23.1 Å². The molecule has 11 heteroatoms. The molecule has 3 aromatic rings. The van der Waals surface area contributed by atoms with Gasteiger partial charge in [0.1, 0.15) is 5.75 Å². The molecular formula is C20H24N6O3S2. The summed E-state index contributed by atoms with van der Waals surface area (Å²) in [4.78, 5) is 29.6. The standard InChI is InChI=1S/C20H24N6O3S2/c1-4-26-16(11-21-17(27)9-14-5-7-15(29-3)8-6-14)24-25-20(26)30-12-18(28)23-19-22-10-13(2)31-19/h5-8,10H,4,9,11-12H2,1-3H3,(H,21,27)(H,22,23,28). The zero-order valence-corrected chi connectivity index (χ0v) is 19.2. The number of nitrogens with one attached hydrogen (secondary N) is 2. The summed E-state index contributed by atoms with van der Waals surface area (Å²) in [6, 6.07) is 7.37. The number of methoxy groups -OCH3 is 1. The molecule has 0 bridgehead atoms. The van der Waals surface area contributed by atoms with Gasteiger partial charge in [-0.05, 0) is 31.5 Å². The lowest BCUT2D eigenvalue weighted by Gasteiger charge is -2.09. The van der Waals surface area contributed by atoms with Crippen LogP contribution in [-0.2, 0) is 29.1 Å². The van der Waals surface area contributed by atoms with Gasteiger partial charge in [-0.1, -0.05) is 23.9 Å². The van der Waals surface area contributed by atoms with Crippen molar-refractivity contribution in [3.05, 3.63) is 46.7 Å². The SMILES string of the molecule is CCn1c(CNC(=O)Cc2ccc(OC)cc2)nnc1SCC(=O)Nc1ncc(C)s1. The molecule has 1 aromatic carbocycles. The van der Waals surface area contributed by atoms with Crippen molar-refractivity contribution >= 4 is 40.0 Å². The molecule has 0 radical (unpaired) electrons. The summed E-state index contributed by atoms with van der Waals surface area (Å²) in [6.45, 7) is 4.80. The zero-order chi connectivity index (χ0) is 22.2. The highest BCUT2D eigenvalue weighted by Crippen LogP contribution is 2.20. The first-order valence-corrected chi connectivity index (χ1v) is 11.5. The van der Waals surface area contributed by atoms with Crippen molar-refractivity contribution in [3.63, 3.8) is 0 Å². The van der Waals surface area contributed by atoms with E-state index >= 15 is 0 Å². The number of rotatable bonds is 10. The number of hydrogen-bond acceptors (Lipinski definition) is 8. The zero-order valence-electron chi connectivity index (χ0n) is 17.5. The van der Waals surface area contributed by atoms with Crippen LogP contribution in [-0.4, -0.2) is 44.4 Å². The Hall–Kier alpha value is -2.92. The number of carbonyl (C=O) groups excluding carboxylic acids is 2. The highest BCUT2D eigenvalue weighted by atomic mass is 32.2. The first kappa shape index (κ1) is 22.8.